The Morgan fingerprint density at radius 2 is 1.87 bits per heavy atom. The van der Waals surface area contributed by atoms with E-state index in [1.807, 2.05) is 23.1 Å². The number of fused-ring (bicyclic) bond motifs is 1. The van der Waals surface area contributed by atoms with Gasteiger partial charge in [0.25, 0.3) is 0 Å². The predicted molar refractivity (Wildman–Crippen MR) is 114 cm³/mol. The van der Waals surface area contributed by atoms with Crippen LogP contribution in [0.2, 0.25) is 5.02 Å². The second-order valence-electron chi connectivity index (χ2n) is 7.44. The number of halogens is 2. The Bertz CT molecular complexity index is 933. The van der Waals surface area contributed by atoms with Crippen LogP contribution in [0.5, 0.6) is 11.5 Å². The summed E-state index contributed by atoms with van der Waals surface area (Å²) in [4.78, 5) is 16.8. The van der Waals surface area contributed by atoms with E-state index in [0.717, 1.165) is 37.2 Å². The van der Waals surface area contributed by atoms with Crippen LogP contribution in [0, 0.1) is 5.82 Å². The molecule has 4 rings (SSSR count). The zero-order chi connectivity index (χ0) is 20.9. The molecule has 2 aliphatic heterocycles. The maximum absolute atomic E-state index is 13.1. The summed E-state index contributed by atoms with van der Waals surface area (Å²) in [6.45, 7) is 4.78. The van der Waals surface area contributed by atoms with Crippen LogP contribution in [0.3, 0.4) is 0 Å². The number of rotatable bonds is 4. The number of carbonyl (C=O) groups is 1. The zero-order valence-electron chi connectivity index (χ0n) is 16.7. The van der Waals surface area contributed by atoms with Crippen LogP contribution in [-0.2, 0) is 11.3 Å². The summed E-state index contributed by atoms with van der Waals surface area (Å²) >= 11 is 6.26. The van der Waals surface area contributed by atoms with Gasteiger partial charge in [0.05, 0.1) is 5.02 Å². The lowest BCUT2D eigenvalue weighted by Gasteiger charge is -2.21. The van der Waals surface area contributed by atoms with Crippen molar-refractivity contribution in [3.8, 4) is 11.5 Å². The summed E-state index contributed by atoms with van der Waals surface area (Å²) in [6.07, 6.45) is 4.24. The number of ether oxygens (including phenoxy) is 2. The quantitative estimate of drug-likeness (QED) is 0.688. The first kappa shape index (κ1) is 20.7. The maximum Gasteiger partial charge on any atom is 0.246 e. The molecule has 0 bridgehead atoms. The number of nitrogens with zero attached hydrogens (tertiary/aromatic N) is 2. The van der Waals surface area contributed by atoms with E-state index in [9.17, 15) is 9.18 Å². The van der Waals surface area contributed by atoms with Crippen molar-refractivity contribution in [3.05, 3.63) is 64.4 Å². The predicted octanol–water partition coefficient (Wildman–Crippen LogP) is 4.00. The van der Waals surface area contributed by atoms with Gasteiger partial charge in [-0.1, -0.05) is 23.7 Å². The molecule has 0 aliphatic carbocycles. The van der Waals surface area contributed by atoms with E-state index in [2.05, 4.69) is 4.90 Å². The highest BCUT2D eigenvalue weighted by Gasteiger charge is 2.19. The lowest BCUT2D eigenvalue weighted by molar-refractivity contribution is -0.125. The van der Waals surface area contributed by atoms with Crippen LogP contribution in [0.15, 0.2) is 42.5 Å². The second kappa shape index (κ2) is 9.49. The molecule has 2 aromatic rings. The van der Waals surface area contributed by atoms with Crippen LogP contribution in [-0.4, -0.2) is 55.1 Å². The van der Waals surface area contributed by atoms with Gasteiger partial charge in [0.15, 0.2) is 11.5 Å². The first-order valence-electron chi connectivity index (χ1n) is 10.1. The minimum absolute atomic E-state index is 0.0235. The molecule has 2 aromatic carbocycles. The molecule has 0 spiro atoms. The van der Waals surface area contributed by atoms with Crippen molar-refractivity contribution in [2.75, 3.05) is 39.4 Å². The lowest BCUT2D eigenvalue weighted by Crippen LogP contribution is -2.34. The Morgan fingerprint density at radius 1 is 1.07 bits per heavy atom. The average Bonchev–Trinajstić information content (AvgIpc) is 2.99. The Balaban J connectivity index is 1.35. The largest absolute Gasteiger partial charge is 0.486 e. The van der Waals surface area contributed by atoms with E-state index in [0.29, 0.717) is 42.8 Å². The number of carbonyl (C=O) groups excluding carboxylic acids is 1. The minimum atomic E-state index is -0.225. The van der Waals surface area contributed by atoms with E-state index in [1.165, 1.54) is 12.1 Å². The van der Waals surface area contributed by atoms with E-state index >= 15 is 0 Å². The number of hydrogen-bond donors (Lipinski definition) is 0. The summed E-state index contributed by atoms with van der Waals surface area (Å²) < 4.78 is 24.2. The molecular formula is C23H24ClFN2O3. The van der Waals surface area contributed by atoms with Crippen LogP contribution < -0.4 is 9.47 Å². The molecule has 7 heteroatoms. The van der Waals surface area contributed by atoms with Crippen LogP contribution >= 0.6 is 11.6 Å². The monoisotopic (exact) mass is 430 g/mol. The third-order valence-electron chi connectivity index (χ3n) is 5.26. The van der Waals surface area contributed by atoms with Crippen molar-refractivity contribution in [1.82, 2.24) is 9.80 Å². The molecule has 0 unspecified atom stereocenters. The van der Waals surface area contributed by atoms with Gasteiger partial charge in [-0.05, 0) is 47.9 Å². The second-order valence-corrected chi connectivity index (χ2v) is 7.85. The molecule has 158 valence electrons. The number of hydrogen-bond acceptors (Lipinski definition) is 4. The van der Waals surface area contributed by atoms with E-state index in [4.69, 9.17) is 21.1 Å². The van der Waals surface area contributed by atoms with E-state index in [-0.39, 0.29) is 11.7 Å². The van der Waals surface area contributed by atoms with Gasteiger partial charge in [0.1, 0.15) is 19.0 Å². The average molecular weight is 431 g/mol. The highest BCUT2D eigenvalue weighted by molar-refractivity contribution is 6.32. The fourth-order valence-electron chi connectivity index (χ4n) is 3.70. The van der Waals surface area contributed by atoms with Crippen molar-refractivity contribution in [2.45, 2.75) is 13.0 Å². The van der Waals surface area contributed by atoms with Crippen LogP contribution in [0.1, 0.15) is 17.5 Å². The molecule has 2 heterocycles. The first-order valence-corrected chi connectivity index (χ1v) is 10.5. The van der Waals surface area contributed by atoms with Gasteiger partial charge in [0, 0.05) is 38.8 Å². The molecule has 1 amide bonds. The normalized spacial score (nSPS) is 17.2. The van der Waals surface area contributed by atoms with Gasteiger partial charge in [-0.25, -0.2) is 4.39 Å². The molecule has 1 fully saturated rings. The molecule has 0 saturated carbocycles. The first-order chi connectivity index (χ1) is 14.6. The third kappa shape index (κ3) is 5.12. The maximum atomic E-state index is 13.1. The van der Waals surface area contributed by atoms with Crippen molar-refractivity contribution in [2.24, 2.45) is 0 Å². The molecule has 30 heavy (non-hydrogen) atoms. The summed E-state index contributed by atoms with van der Waals surface area (Å²) in [7, 11) is 0. The van der Waals surface area contributed by atoms with E-state index in [1.54, 1.807) is 18.2 Å². The third-order valence-corrected chi connectivity index (χ3v) is 5.54. The van der Waals surface area contributed by atoms with Gasteiger partial charge < -0.3 is 14.4 Å². The fourth-order valence-corrected chi connectivity index (χ4v) is 3.97. The van der Waals surface area contributed by atoms with Gasteiger partial charge in [-0.2, -0.15) is 0 Å². The molecule has 0 N–H and O–H groups in total. The van der Waals surface area contributed by atoms with Gasteiger partial charge in [-0.15, -0.1) is 0 Å². The molecule has 0 radical (unpaired) electrons. The molecule has 0 aromatic heterocycles. The Morgan fingerprint density at radius 3 is 2.70 bits per heavy atom. The van der Waals surface area contributed by atoms with Gasteiger partial charge >= 0.3 is 0 Å². The molecule has 2 aliphatic rings. The Labute approximate surface area is 180 Å². The summed E-state index contributed by atoms with van der Waals surface area (Å²) in [6, 6.07) is 10.2. The minimum Gasteiger partial charge on any atom is -0.486 e. The zero-order valence-corrected chi connectivity index (χ0v) is 17.4. The van der Waals surface area contributed by atoms with Gasteiger partial charge in [0.2, 0.25) is 5.91 Å². The molecule has 1 saturated heterocycles. The summed E-state index contributed by atoms with van der Waals surface area (Å²) in [5.74, 6) is 0.911. The smallest absolute Gasteiger partial charge is 0.246 e. The standard InChI is InChI=1S/C23H24ClFN2O3/c24-20-14-18(15-21-23(20)30-13-12-29-21)4-7-22(28)27-9-1-8-26(10-11-27)16-17-2-5-19(25)6-3-17/h2-7,14-15H,1,8-13,16H2/b7-4+. The lowest BCUT2D eigenvalue weighted by atomic mass is 10.1. The topological polar surface area (TPSA) is 42.0 Å². The highest BCUT2D eigenvalue weighted by atomic mass is 35.5. The van der Waals surface area contributed by atoms with Crippen molar-refractivity contribution < 1.29 is 18.7 Å². The Kier molecular flexibility index (Phi) is 6.55. The molecular weight excluding hydrogens is 407 g/mol. The molecule has 5 nitrogen and oxygen atoms in total. The molecule has 0 atom stereocenters. The number of benzene rings is 2. The summed E-state index contributed by atoms with van der Waals surface area (Å²) in [5.41, 5.74) is 1.87. The van der Waals surface area contributed by atoms with Crippen molar-refractivity contribution in [3.63, 3.8) is 0 Å². The number of amides is 1. The highest BCUT2D eigenvalue weighted by Crippen LogP contribution is 2.38. The Hall–Kier alpha value is -2.57. The SMILES string of the molecule is O=C(/C=C/c1cc(Cl)c2c(c1)OCCO2)N1CCCN(Cc2ccc(F)cc2)CC1. The summed E-state index contributed by atoms with van der Waals surface area (Å²) in [5, 5.41) is 0.477. The van der Waals surface area contributed by atoms with Crippen LogP contribution in [0.25, 0.3) is 6.08 Å². The fraction of sp³-hybridized carbons (Fsp3) is 0.348. The van der Waals surface area contributed by atoms with Crippen molar-refractivity contribution in [1.29, 1.82) is 0 Å². The van der Waals surface area contributed by atoms with Gasteiger partial charge in [-0.3, -0.25) is 9.69 Å². The van der Waals surface area contributed by atoms with Crippen molar-refractivity contribution >= 4 is 23.6 Å². The van der Waals surface area contributed by atoms with E-state index < -0.39 is 0 Å². The van der Waals surface area contributed by atoms with Crippen LogP contribution in [0.4, 0.5) is 4.39 Å².